The van der Waals surface area contributed by atoms with E-state index >= 15 is 0 Å². The third-order valence-electron chi connectivity index (χ3n) is 8.88. The molecule has 2 saturated carbocycles. The Morgan fingerprint density at radius 2 is 1.75 bits per heavy atom. The minimum Gasteiger partial charge on any atom is -0.372 e. The number of nitrogens with zero attached hydrogens (tertiary/aromatic N) is 2. The summed E-state index contributed by atoms with van der Waals surface area (Å²) in [7, 11) is 0. The Labute approximate surface area is 239 Å². The lowest BCUT2D eigenvalue weighted by Crippen LogP contribution is -2.35. The molecule has 5 atom stereocenters. The lowest BCUT2D eigenvalue weighted by molar-refractivity contribution is -0.137. The third kappa shape index (κ3) is 4.76. The quantitative estimate of drug-likeness (QED) is 0.322. The molecule has 1 aliphatic heterocycles. The standard InChI is InChI=1S/C30H32F3N3O2S2/c1-3-35(4-2)20-13-11-17(12-14-20)24-25-18-9-10-19(15-18)26(25)39-28-27(24)40-29(38)36(28)16-23(37)34-22-8-6-5-7-21(22)30(31,32)33/h5-8,11-14,18-19,24-26H,3-4,9-10,15-16H2,1-2H3,(H,34,37)/t18-,19-,24-,25-,26+/m0/s1. The van der Waals surface area contributed by atoms with E-state index in [1.54, 1.807) is 11.8 Å². The SMILES string of the molecule is CCN(CC)c1ccc([C@@H]2c3sc(=O)n(CC(=O)Nc4ccccc4C(F)(F)F)c3S[C@@H]3[C@H]4CC[C@@H](C4)[C@@H]23)cc1. The minimum atomic E-state index is -4.59. The molecule has 10 heteroatoms. The smallest absolute Gasteiger partial charge is 0.372 e. The van der Waals surface area contributed by atoms with Crippen molar-refractivity contribution >= 4 is 40.4 Å². The van der Waals surface area contributed by atoms with Gasteiger partial charge in [-0.15, -0.1) is 11.8 Å². The summed E-state index contributed by atoms with van der Waals surface area (Å²) >= 11 is 2.90. The van der Waals surface area contributed by atoms with Gasteiger partial charge in [0.2, 0.25) is 5.91 Å². The zero-order valence-electron chi connectivity index (χ0n) is 22.4. The molecule has 212 valence electrons. The van der Waals surface area contributed by atoms with E-state index in [0.29, 0.717) is 23.0 Å². The number of nitrogens with one attached hydrogen (secondary N) is 1. The van der Waals surface area contributed by atoms with E-state index < -0.39 is 17.6 Å². The molecule has 1 N–H and O–H groups in total. The van der Waals surface area contributed by atoms with Crippen LogP contribution in [-0.4, -0.2) is 28.8 Å². The Bertz CT molecular complexity index is 1460. The Morgan fingerprint density at radius 3 is 2.45 bits per heavy atom. The topological polar surface area (TPSA) is 54.3 Å². The Morgan fingerprint density at radius 1 is 1.05 bits per heavy atom. The fraction of sp³-hybridized carbons (Fsp3) is 0.467. The number of hydrogen-bond acceptors (Lipinski definition) is 5. The first-order chi connectivity index (χ1) is 19.2. The number of carbonyl (C=O) groups excluding carboxylic acids is 1. The summed E-state index contributed by atoms with van der Waals surface area (Å²) in [5.41, 5.74) is 1.15. The van der Waals surface area contributed by atoms with Gasteiger partial charge in [-0.05, 0) is 80.7 Å². The van der Waals surface area contributed by atoms with Gasteiger partial charge in [0.1, 0.15) is 6.54 Å². The maximum Gasteiger partial charge on any atom is 0.418 e. The van der Waals surface area contributed by atoms with Crippen LogP contribution < -0.4 is 15.1 Å². The van der Waals surface area contributed by atoms with Crippen LogP contribution in [0.5, 0.6) is 0 Å². The molecular formula is C30H32F3N3O2S2. The fourth-order valence-corrected chi connectivity index (χ4v) is 10.3. The van der Waals surface area contributed by atoms with Crippen LogP contribution in [0.15, 0.2) is 58.4 Å². The normalized spacial score (nSPS) is 25.0. The van der Waals surface area contributed by atoms with Crippen LogP contribution in [0.4, 0.5) is 24.5 Å². The van der Waals surface area contributed by atoms with Crippen molar-refractivity contribution < 1.29 is 18.0 Å². The Balaban J connectivity index is 1.34. The minimum absolute atomic E-state index is 0.0790. The van der Waals surface area contributed by atoms with Crippen molar-refractivity contribution in [3.05, 3.63) is 74.2 Å². The second-order valence-electron chi connectivity index (χ2n) is 10.9. The van der Waals surface area contributed by atoms with Gasteiger partial charge in [0.15, 0.2) is 0 Å². The summed E-state index contributed by atoms with van der Waals surface area (Å²) < 4.78 is 41.9. The molecule has 0 saturated heterocycles. The van der Waals surface area contributed by atoms with Crippen LogP contribution in [-0.2, 0) is 17.5 Å². The number of carbonyl (C=O) groups is 1. The van der Waals surface area contributed by atoms with Crippen LogP contribution in [0, 0.1) is 17.8 Å². The van der Waals surface area contributed by atoms with Gasteiger partial charge >= 0.3 is 11.0 Å². The van der Waals surface area contributed by atoms with Gasteiger partial charge in [-0.1, -0.05) is 35.6 Å². The Hall–Kier alpha value is -2.72. The zero-order chi connectivity index (χ0) is 28.2. The molecular weight excluding hydrogens is 555 g/mol. The van der Waals surface area contributed by atoms with E-state index in [0.717, 1.165) is 29.1 Å². The van der Waals surface area contributed by atoms with Crippen LogP contribution in [0.1, 0.15) is 55.0 Å². The summed E-state index contributed by atoms with van der Waals surface area (Å²) in [5, 5.41) is 3.58. The summed E-state index contributed by atoms with van der Waals surface area (Å²) in [4.78, 5) is 29.4. The maximum atomic E-state index is 13.5. The van der Waals surface area contributed by atoms with Crippen molar-refractivity contribution in [1.29, 1.82) is 0 Å². The molecule has 0 spiro atoms. The van der Waals surface area contributed by atoms with Crippen molar-refractivity contribution in [2.75, 3.05) is 23.3 Å². The van der Waals surface area contributed by atoms with Gasteiger partial charge < -0.3 is 10.2 Å². The Kier molecular flexibility index (Phi) is 7.27. The number of halogens is 3. The van der Waals surface area contributed by atoms with Crippen molar-refractivity contribution in [3.63, 3.8) is 0 Å². The summed E-state index contributed by atoms with van der Waals surface area (Å²) in [6.07, 6.45) is -0.996. The number of alkyl halides is 3. The van der Waals surface area contributed by atoms with Crippen LogP contribution >= 0.6 is 23.1 Å². The van der Waals surface area contributed by atoms with Gasteiger partial charge in [-0.2, -0.15) is 13.2 Å². The van der Waals surface area contributed by atoms with Gasteiger partial charge in [0.05, 0.1) is 16.3 Å². The first kappa shape index (κ1) is 27.4. The summed E-state index contributed by atoms with van der Waals surface area (Å²) in [6, 6.07) is 13.6. The van der Waals surface area contributed by atoms with E-state index in [9.17, 15) is 22.8 Å². The maximum absolute atomic E-state index is 13.5. The first-order valence-electron chi connectivity index (χ1n) is 13.9. The highest BCUT2D eigenvalue weighted by atomic mass is 32.2. The number of thioether (sulfide) groups is 1. The van der Waals surface area contributed by atoms with Gasteiger partial charge in [0, 0.05) is 34.8 Å². The van der Waals surface area contributed by atoms with Crippen molar-refractivity contribution in [2.24, 2.45) is 17.8 Å². The van der Waals surface area contributed by atoms with E-state index in [4.69, 9.17) is 0 Å². The number of anilines is 2. The number of rotatable bonds is 7. The van der Waals surface area contributed by atoms with E-state index in [-0.39, 0.29) is 23.0 Å². The lowest BCUT2D eigenvalue weighted by atomic mass is 9.75. The number of para-hydroxylation sites is 1. The van der Waals surface area contributed by atoms with E-state index in [2.05, 4.69) is 48.3 Å². The average Bonchev–Trinajstić information content (AvgIpc) is 3.63. The molecule has 1 amide bonds. The number of benzene rings is 2. The average molecular weight is 588 g/mol. The van der Waals surface area contributed by atoms with E-state index in [1.165, 1.54) is 64.6 Å². The van der Waals surface area contributed by atoms with Gasteiger partial charge in [0.25, 0.3) is 0 Å². The molecule has 2 aromatic carbocycles. The fourth-order valence-electron chi connectivity index (χ4n) is 7.11. The zero-order valence-corrected chi connectivity index (χ0v) is 24.0. The summed E-state index contributed by atoms with van der Waals surface area (Å²) in [5.74, 6) is 1.08. The molecule has 2 aliphatic carbocycles. The molecule has 0 radical (unpaired) electrons. The highest BCUT2D eigenvalue weighted by Gasteiger charge is 2.55. The molecule has 5 nitrogen and oxygen atoms in total. The predicted octanol–water partition coefficient (Wildman–Crippen LogP) is 7.07. The van der Waals surface area contributed by atoms with Crippen molar-refractivity contribution in [3.8, 4) is 0 Å². The van der Waals surface area contributed by atoms with Crippen LogP contribution in [0.2, 0.25) is 0 Å². The third-order valence-corrected chi connectivity index (χ3v) is 11.7. The molecule has 6 rings (SSSR count). The first-order valence-corrected chi connectivity index (χ1v) is 15.6. The number of amides is 1. The highest BCUT2D eigenvalue weighted by Crippen LogP contribution is 2.64. The van der Waals surface area contributed by atoms with Crippen molar-refractivity contribution in [1.82, 2.24) is 4.57 Å². The molecule has 40 heavy (non-hydrogen) atoms. The molecule has 2 fully saturated rings. The largest absolute Gasteiger partial charge is 0.418 e. The van der Waals surface area contributed by atoms with Crippen LogP contribution in [0.25, 0.3) is 0 Å². The van der Waals surface area contributed by atoms with E-state index in [1.807, 2.05) is 0 Å². The highest BCUT2D eigenvalue weighted by molar-refractivity contribution is 8.00. The second-order valence-corrected chi connectivity index (χ2v) is 13.1. The molecule has 2 bridgehead atoms. The monoisotopic (exact) mass is 587 g/mol. The lowest BCUT2D eigenvalue weighted by Gasteiger charge is -2.40. The second kappa shape index (κ2) is 10.6. The van der Waals surface area contributed by atoms with Crippen molar-refractivity contribution in [2.45, 2.75) is 62.0 Å². The molecule has 2 heterocycles. The number of hydrogen-bond donors (Lipinski definition) is 1. The van der Waals surface area contributed by atoms with Gasteiger partial charge in [-0.3, -0.25) is 14.2 Å². The molecule has 1 aromatic heterocycles. The number of fused-ring (bicyclic) bond motifs is 6. The summed E-state index contributed by atoms with van der Waals surface area (Å²) in [6.45, 7) is 5.81. The van der Waals surface area contributed by atoms with Crippen LogP contribution in [0.3, 0.4) is 0 Å². The van der Waals surface area contributed by atoms with Gasteiger partial charge in [-0.25, -0.2) is 0 Å². The molecule has 3 aliphatic rings. The number of aromatic nitrogens is 1. The number of thiazole rings is 1. The molecule has 0 unspecified atom stereocenters. The molecule has 3 aromatic rings. The predicted molar refractivity (Wildman–Crippen MR) is 154 cm³/mol.